The van der Waals surface area contributed by atoms with Gasteiger partial charge >= 0.3 is 6.03 Å². The Morgan fingerprint density at radius 2 is 1.71 bits per heavy atom. The SMILES string of the molecule is COc1ccc([C@@H]2c3cccn3-c3ccccc3CN2C(=O)NCc2cccc(OC)c2)cc1. The van der Waals surface area contributed by atoms with Crippen LogP contribution in [0.25, 0.3) is 5.69 Å². The Morgan fingerprint density at radius 1 is 0.912 bits per heavy atom. The third kappa shape index (κ3) is 4.10. The first-order valence-corrected chi connectivity index (χ1v) is 11.2. The molecular weight excluding hydrogens is 426 g/mol. The molecule has 0 saturated carbocycles. The first kappa shape index (κ1) is 21.6. The molecule has 0 fully saturated rings. The Kier molecular flexibility index (Phi) is 5.95. The lowest BCUT2D eigenvalue weighted by molar-refractivity contribution is 0.180. The van der Waals surface area contributed by atoms with Crippen LogP contribution in [0.3, 0.4) is 0 Å². The molecular formula is C28H27N3O3. The Morgan fingerprint density at radius 3 is 2.50 bits per heavy atom. The van der Waals surface area contributed by atoms with Gasteiger partial charge in [-0.3, -0.25) is 0 Å². The van der Waals surface area contributed by atoms with Crippen LogP contribution in [0, 0.1) is 0 Å². The summed E-state index contributed by atoms with van der Waals surface area (Å²) in [6.45, 7) is 0.892. The van der Waals surface area contributed by atoms with Crippen molar-refractivity contribution in [3.8, 4) is 17.2 Å². The highest BCUT2D eigenvalue weighted by atomic mass is 16.5. The third-order valence-electron chi connectivity index (χ3n) is 6.23. The van der Waals surface area contributed by atoms with Crippen LogP contribution in [-0.2, 0) is 13.1 Å². The summed E-state index contributed by atoms with van der Waals surface area (Å²) in [4.78, 5) is 15.6. The number of carbonyl (C=O) groups excluding carboxylic acids is 1. The number of nitrogens with zero attached hydrogens (tertiary/aromatic N) is 2. The lowest BCUT2D eigenvalue weighted by Crippen LogP contribution is -2.41. The van der Waals surface area contributed by atoms with Crippen molar-refractivity contribution >= 4 is 6.03 Å². The molecule has 2 amide bonds. The number of urea groups is 1. The molecule has 6 heteroatoms. The molecule has 6 nitrogen and oxygen atoms in total. The molecule has 34 heavy (non-hydrogen) atoms. The van der Waals surface area contributed by atoms with Crippen LogP contribution in [0.4, 0.5) is 4.79 Å². The molecule has 0 radical (unpaired) electrons. The van der Waals surface area contributed by atoms with Gasteiger partial charge in [0.05, 0.1) is 32.5 Å². The van der Waals surface area contributed by atoms with Gasteiger partial charge in [0.2, 0.25) is 0 Å². The van der Waals surface area contributed by atoms with E-state index in [9.17, 15) is 4.79 Å². The summed E-state index contributed by atoms with van der Waals surface area (Å²) in [6, 6.07) is 27.6. The van der Waals surface area contributed by atoms with Crippen LogP contribution >= 0.6 is 0 Å². The van der Waals surface area contributed by atoms with E-state index in [-0.39, 0.29) is 12.1 Å². The fourth-order valence-corrected chi connectivity index (χ4v) is 4.54. The van der Waals surface area contributed by atoms with Crippen molar-refractivity contribution < 1.29 is 14.3 Å². The first-order valence-electron chi connectivity index (χ1n) is 11.2. The van der Waals surface area contributed by atoms with Crippen molar-refractivity contribution in [2.45, 2.75) is 19.1 Å². The van der Waals surface area contributed by atoms with Crippen LogP contribution in [0.2, 0.25) is 0 Å². The number of hydrogen-bond donors (Lipinski definition) is 1. The van der Waals surface area contributed by atoms with Gasteiger partial charge in [-0.15, -0.1) is 0 Å². The summed E-state index contributed by atoms with van der Waals surface area (Å²) in [7, 11) is 3.29. The molecule has 0 aliphatic carbocycles. The number of ether oxygens (including phenoxy) is 2. The average Bonchev–Trinajstić information content (AvgIpc) is 3.32. The number of carbonyl (C=O) groups is 1. The Balaban J connectivity index is 1.52. The molecule has 3 aromatic carbocycles. The number of benzene rings is 3. The molecule has 1 N–H and O–H groups in total. The van der Waals surface area contributed by atoms with Gasteiger partial charge in [-0.05, 0) is 59.2 Å². The van der Waals surface area contributed by atoms with Gasteiger partial charge in [-0.25, -0.2) is 4.79 Å². The standard InChI is InChI=1S/C28H27N3O3/c1-33-23-14-12-21(13-15-23)27-26-11-6-16-30(26)25-10-4-3-8-22(25)19-31(27)28(32)29-18-20-7-5-9-24(17-20)34-2/h3-17,27H,18-19H2,1-2H3,(H,29,32)/t27-/m1/s1. The number of methoxy groups -OCH3 is 2. The molecule has 0 spiro atoms. The molecule has 2 heterocycles. The second kappa shape index (κ2) is 9.35. The van der Waals surface area contributed by atoms with Crippen molar-refractivity contribution in [3.05, 3.63) is 114 Å². The van der Waals surface area contributed by atoms with Crippen LogP contribution in [0.15, 0.2) is 91.1 Å². The highest BCUT2D eigenvalue weighted by Gasteiger charge is 2.32. The molecule has 1 aliphatic rings. The molecule has 4 aromatic rings. The molecule has 1 aliphatic heterocycles. The highest BCUT2D eigenvalue weighted by molar-refractivity contribution is 5.76. The quantitative estimate of drug-likeness (QED) is 0.446. The van der Waals surface area contributed by atoms with E-state index in [1.54, 1.807) is 14.2 Å². The lowest BCUT2D eigenvalue weighted by Gasteiger charge is -2.31. The Hall–Kier alpha value is -4.19. The summed E-state index contributed by atoms with van der Waals surface area (Å²) in [5, 5.41) is 3.12. The maximum Gasteiger partial charge on any atom is 0.318 e. The van der Waals surface area contributed by atoms with Crippen LogP contribution in [-0.4, -0.2) is 29.7 Å². The molecule has 0 saturated heterocycles. The summed E-state index contributed by atoms with van der Waals surface area (Å²) in [6.07, 6.45) is 2.06. The van der Waals surface area contributed by atoms with Gasteiger partial charge < -0.3 is 24.3 Å². The van der Waals surface area contributed by atoms with E-state index in [2.05, 4.69) is 34.3 Å². The van der Waals surface area contributed by atoms with Gasteiger partial charge in [0.15, 0.2) is 0 Å². The minimum Gasteiger partial charge on any atom is -0.497 e. The van der Waals surface area contributed by atoms with Gasteiger partial charge in [0.25, 0.3) is 0 Å². The van der Waals surface area contributed by atoms with Crippen LogP contribution < -0.4 is 14.8 Å². The lowest BCUT2D eigenvalue weighted by atomic mass is 10.0. The maximum atomic E-state index is 13.7. The summed E-state index contributed by atoms with van der Waals surface area (Å²) in [5.74, 6) is 1.55. The van der Waals surface area contributed by atoms with Crippen molar-refractivity contribution in [1.29, 1.82) is 0 Å². The van der Waals surface area contributed by atoms with Gasteiger partial charge in [-0.2, -0.15) is 0 Å². The van der Waals surface area contributed by atoms with E-state index >= 15 is 0 Å². The van der Waals surface area contributed by atoms with Crippen LogP contribution in [0.1, 0.15) is 28.4 Å². The normalized spacial score (nSPS) is 14.5. The van der Waals surface area contributed by atoms with E-state index in [1.807, 2.05) is 71.6 Å². The van der Waals surface area contributed by atoms with Crippen molar-refractivity contribution in [2.24, 2.45) is 0 Å². The zero-order valence-corrected chi connectivity index (χ0v) is 19.3. The van der Waals surface area contributed by atoms with Gasteiger partial charge in [0.1, 0.15) is 11.5 Å². The van der Waals surface area contributed by atoms with Crippen molar-refractivity contribution in [1.82, 2.24) is 14.8 Å². The molecule has 1 aromatic heterocycles. The topological polar surface area (TPSA) is 55.7 Å². The number of hydrogen-bond acceptors (Lipinski definition) is 3. The van der Waals surface area contributed by atoms with E-state index in [4.69, 9.17) is 9.47 Å². The number of amides is 2. The largest absolute Gasteiger partial charge is 0.497 e. The minimum absolute atomic E-state index is 0.131. The predicted octanol–water partition coefficient (Wildman–Crippen LogP) is 5.31. The fraction of sp³-hybridized carbons (Fsp3) is 0.179. The number of rotatable bonds is 5. The molecule has 0 unspecified atom stereocenters. The number of para-hydroxylation sites is 1. The number of fused-ring (bicyclic) bond motifs is 3. The molecule has 5 rings (SSSR count). The van der Waals surface area contributed by atoms with E-state index < -0.39 is 0 Å². The monoisotopic (exact) mass is 453 g/mol. The zero-order valence-electron chi connectivity index (χ0n) is 19.3. The molecule has 172 valence electrons. The number of aromatic nitrogens is 1. The van der Waals surface area contributed by atoms with Crippen molar-refractivity contribution in [3.63, 3.8) is 0 Å². The minimum atomic E-state index is -0.265. The van der Waals surface area contributed by atoms with Crippen molar-refractivity contribution in [2.75, 3.05) is 14.2 Å². The van der Waals surface area contributed by atoms with Gasteiger partial charge in [0, 0.05) is 18.4 Å². The first-order chi connectivity index (χ1) is 16.7. The summed E-state index contributed by atoms with van der Waals surface area (Å²) >= 11 is 0. The highest BCUT2D eigenvalue weighted by Crippen LogP contribution is 2.37. The summed E-state index contributed by atoms with van der Waals surface area (Å²) in [5.41, 5.74) is 5.21. The molecule has 0 bridgehead atoms. The second-order valence-corrected chi connectivity index (χ2v) is 8.25. The smallest absolute Gasteiger partial charge is 0.318 e. The fourth-order valence-electron chi connectivity index (χ4n) is 4.54. The Bertz CT molecular complexity index is 1300. The zero-order chi connectivity index (χ0) is 23.5. The van der Waals surface area contributed by atoms with Crippen LogP contribution in [0.5, 0.6) is 11.5 Å². The predicted molar refractivity (Wildman–Crippen MR) is 131 cm³/mol. The second-order valence-electron chi connectivity index (χ2n) is 8.25. The summed E-state index contributed by atoms with van der Waals surface area (Å²) < 4.78 is 12.9. The molecule has 1 atom stereocenters. The van der Waals surface area contributed by atoms with E-state index in [1.165, 1.54) is 0 Å². The Labute approximate surface area is 199 Å². The van der Waals surface area contributed by atoms with E-state index in [0.717, 1.165) is 39.6 Å². The number of nitrogens with one attached hydrogen (secondary N) is 1. The van der Waals surface area contributed by atoms with Gasteiger partial charge in [-0.1, -0.05) is 42.5 Å². The maximum absolute atomic E-state index is 13.7. The van der Waals surface area contributed by atoms with E-state index in [0.29, 0.717) is 13.1 Å². The average molecular weight is 454 g/mol. The third-order valence-corrected chi connectivity index (χ3v) is 6.23.